The molecule has 0 unspecified atom stereocenters. The van der Waals surface area contributed by atoms with Gasteiger partial charge in [-0.3, -0.25) is 14.4 Å². The van der Waals surface area contributed by atoms with E-state index in [1.54, 1.807) is 48.3 Å². The van der Waals surface area contributed by atoms with Crippen LogP contribution in [0.4, 0.5) is 17.1 Å². The Bertz CT molecular complexity index is 1160. The van der Waals surface area contributed by atoms with E-state index < -0.39 is 0 Å². The fourth-order valence-corrected chi connectivity index (χ4v) is 3.85. The molecule has 0 saturated carbocycles. The zero-order chi connectivity index (χ0) is 25.9. The summed E-state index contributed by atoms with van der Waals surface area (Å²) in [5, 5.41) is 5.91. The second kappa shape index (κ2) is 13.1. The van der Waals surface area contributed by atoms with Gasteiger partial charge in [-0.05, 0) is 67.4 Å². The SMILES string of the molecule is CCCN(CCC)C(=O)c1cccc(NCC(=O)Nc2ccc(C(=O)N(C)c3ccccc3)cc2)c1. The van der Waals surface area contributed by atoms with Crippen LogP contribution in [0.15, 0.2) is 78.9 Å². The molecule has 0 aromatic heterocycles. The monoisotopic (exact) mass is 486 g/mol. The molecule has 0 heterocycles. The van der Waals surface area contributed by atoms with Gasteiger partial charge in [0.1, 0.15) is 0 Å². The van der Waals surface area contributed by atoms with Crippen LogP contribution in [0.25, 0.3) is 0 Å². The van der Waals surface area contributed by atoms with Gasteiger partial charge in [-0.1, -0.05) is 38.1 Å². The van der Waals surface area contributed by atoms with E-state index in [0.29, 0.717) is 22.5 Å². The summed E-state index contributed by atoms with van der Waals surface area (Å²) in [5.41, 5.74) is 3.23. The lowest BCUT2D eigenvalue weighted by Crippen LogP contribution is -2.32. The highest BCUT2D eigenvalue weighted by Gasteiger charge is 2.15. The Morgan fingerprint density at radius 1 is 0.722 bits per heavy atom. The minimum atomic E-state index is -0.231. The van der Waals surface area contributed by atoms with Gasteiger partial charge in [0, 0.05) is 48.3 Å². The number of hydrogen-bond donors (Lipinski definition) is 2. The first kappa shape index (κ1) is 26.5. The summed E-state index contributed by atoms with van der Waals surface area (Å²) in [4.78, 5) is 41.5. The van der Waals surface area contributed by atoms with E-state index in [9.17, 15) is 14.4 Å². The predicted molar refractivity (Wildman–Crippen MR) is 146 cm³/mol. The van der Waals surface area contributed by atoms with Crippen molar-refractivity contribution < 1.29 is 14.4 Å². The normalized spacial score (nSPS) is 10.4. The van der Waals surface area contributed by atoms with Gasteiger partial charge in [-0.15, -0.1) is 0 Å². The van der Waals surface area contributed by atoms with Crippen molar-refractivity contribution in [2.45, 2.75) is 26.7 Å². The van der Waals surface area contributed by atoms with E-state index in [4.69, 9.17) is 0 Å². The highest BCUT2D eigenvalue weighted by atomic mass is 16.2. The number of rotatable bonds is 11. The van der Waals surface area contributed by atoms with Gasteiger partial charge in [0.25, 0.3) is 11.8 Å². The predicted octanol–water partition coefficient (Wildman–Crippen LogP) is 5.28. The van der Waals surface area contributed by atoms with Crippen LogP contribution in [-0.4, -0.2) is 49.3 Å². The zero-order valence-electron chi connectivity index (χ0n) is 21.2. The van der Waals surface area contributed by atoms with Crippen LogP contribution >= 0.6 is 0 Å². The molecule has 0 spiro atoms. The molecule has 36 heavy (non-hydrogen) atoms. The molecule has 3 amide bonds. The molecule has 7 nitrogen and oxygen atoms in total. The maximum Gasteiger partial charge on any atom is 0.258 e. The van der Waals surface area contributed by atoms with Crippen molar-refractivity contribution in [1.29, 1.82) is 0 Å². The number of carbonyl (C=O) groups excluding carboxylic acids is 3. The summed E-state index contributed by atoms with van der Waals surface area (Å²) in [6, 6.07) is 23.4. The van der Waals surface area contributed by atoms with Crippen molar-refractivity contribution in [1.82, 2.24) is 4.90 Å². The molecule has 0 aliphatic heterocycles. The molecule has 0 atom stereocenters. The van der Waals surface area contributed by atoms with Gasteiger partial charge in [0.05, 0.1) is 6.54 Å². The highest BCUT2D eigenvalue weighted by molar-refractivity contribution is 6.06. The number of anilines is 3. The average Bonchev–Trinajstić information content (AvgIpc) is 2.91. The first-order chi connectivity index (χ1) is 17.4. The Kier molecular flexibility index (Phi) is 9.63. The van der Waals surface area contributed by atoms with Gasteiger partial charge in [0.2, 0.25) is 5.91 Å². The minimum Gasteiger partial charge on any atom is -0.376 e. The molecule has 0 saturated heterocycles. The second-order valence-electron chi connectivity index (χ2n) is 8.55. The number of benzene rings is 3. The molecule has 0 radical (unpaired) electrons. The molecule has 3 rings (SSSR count). The first-order valence-electron chi connectivity index (χ1n) is 12.3. The van der Waals surface area contributed by atoms with Gasteiger partial charge in [-0.25, -0.2) is 0 Å². The number of para-hydroxylation sites is 1. The average molecular weight is 487 g/mol. The molecule has 7 heteroatoms. The van der Waals surface area contributed by atoms with E-state index in [1.807, 2.05) is 47.4 Å². The van der Waals surface area contributed by atoms with Crippen molar-refractivity contribution in [3.63, 3.8) is 0 Å². The number of amides is 3. The maximum atomic E-state index is 12.8. The van der Waals surface area contributed by atoms with E-state index in [1.165, 1.54) is 0 Å². The molecular formula is C29H34N4O3. The molecule has 188 valence electrons. The molecule has 2 N–H and O–H groups in total. The highest BCUT2D eigenvalue weighted by Crippen LogP contribution is 2.17. The minimum absolute atomic E-state index is 0.000604. The Morgan fingerprint density at radius 2 is 1.39 bits per heavy atom. The van der Waals surface area contributed by atoms with Crippen molar-refractivity contribution in [2.24, 2.45) is 0 Å². The summed E-state index contributed by atoms with van der Waals surface area (Å²) in [6.45, 7) is 5.60. The van der Waals surface area contributed by atoms with Crippen LogP contribution in [0, 0.1) is 0 Å². The van der Waals surface area contributed by atoms with E-state index in [2.05, 4.69) is 24.5 Å². The molecule has 0 aliphatic rings. The Morgan fingerprint density at radius 3 is 2.03 bits per heavy atom. The van der Waals surface area contributed by atoms with Crippen molar-refractivity contribution in [3.8, 4) is 0 Å². The van der Waals surface area contributed by atoms with Crippen LogP contribution < -0.4 is 15.5 Å². The topological polar surface area (TPSA) is 81.8 Å². The van der Waals surface area contributed by atoms with Crippen molar-refractivity contribution in [2.75, 3.05) is 42.2 Å². The summed E-state index contributed by atoms with van der Waals surface area (Å²) in [5.74, 6) is -0.364. The van der Waals surface area contributed by atoms with Crippen LogP contribution in [-0.2, 0) is 4.79 Å². The van der Waals surface area contributed by atoms with E-state index in [0.717, 1.165) is 31.6 Å². The van der Waals surface area contributed by atoms with E-state index in [-0.39, 0.29) is 24.3 Å². The van der Waals surface area contributed by atoms with Crippen molar-refractivity contribution in [3.05, 3.63) is 90.0 Å². The maximum absolute atomic E-state index is 12.8. The first-order valence-corrected chi connectivity index (χ1v) is 12.3. The Labute approximate surface area is 213 Å². The number of nitrogens with one attached hydrogen (secondary N) is 2. The molecule has 3 aromatic carbocycles. The fourth-order valence-electron chi connectivity index (χ4n) is 3.85. The lowest BCUT2D eigenvalue weighted by molar-refractivity contribution is -0.114. The fraction of sp³-hybridized carbons (Fsp3) is 0.276. The molecule has 0 fully saturated rings. The number of nitrogens with zero attached hydrogens (tertiary/aromatic N) is 2. The van der Waals surface area contributed by atoms with Gasteiger partial charge >= 0.3 is 0 Å². The largest absolute Gasteiger partial charge is 0.376 e. The molecular weight excluding hydrogens is 452 g/mol. The third kappa shape index (κ3) is 7.18. The van der Waals surface area contributed by atoms with E-state index >= 15 is 0 Å². The summed E-state index contributed by atoms with van der Waals surface area (Å²) in [6.07, 6.45) is 1.81. The standard InChI is InChI=1S/C29H34N4O3/c1-4-18-33(19-5-2)29(36)23-10-9-11-25(20-23)30-21-27(34)31-24-16-14-22(15-17-24)28(35)32(3)26-12-7-6-8-13-26/h6-17,20,30H,4-5,18-19,21H2,1-3H3,(H,31,34). The summed E-state index contributed by atoms with van der Waals surface area (Å²) >= 11 is 0. The Hall–Kier alpha value is -4.13. The second-order valence-corrected chi connectivity index (χ2v) is 8.55. The third-order valence-electron chi connectivity index (χ3n) is 5.70. The molecule has 0 aliphatic carbocycles. The lowest BCUT2D eigenvalue weighted by Gasteiger charge is -2.21. The number of hydrogen-bond acceptors (Lipinski definition) is 4. The smallest absolute Gasteiger partial charge is 0.258 e. The zero-order valence-corrected chi connectivity index (χ0v) is 21.2. The molecule has 3 aromatic rings. The summed E-state index contributed by atoms with van der Waals surface area (Å²) in [7, 11) is 1.73. The molecule has 0 bridgehead atoms. The quantitative estimate of drug-likeness (QED) is 0.387. The third-order valence-corrected chi connectivity index (χ3v) is 5.70. The van der Waals surface area contributed by atoms with Crippen LogP contribution in [0.1, 0.15) is 47.4 Å². The van der Waals surface area contributed by atoms with Gasteiger partial charge < -0.3 is 20.4 Å². The van der Waals surface area contributed by atoms with Crippen LogP contribution in [0.2, 0.25) is 0 Å². The van der Waals surface area contributed by atoms with Crippen LogP contribution in [0.5, 0.6) is 0 Å². The van der Waals surface area contributed by atoms with Crippen molar-refractivity contribution >= 4 is 34.8 Å². The Balaban J connectivity index is 1.55. The number of carbonyl (C=O) groups is 3. The summed E-state index contributed by atoms with van der Waals surface area (Å²) < 4.78 is 0. The van der Waals surface area contributed by atoms with Gasteiger partial charge in [0.15, 0.2) is 0 Å². The van der Waals surface area contributed by atoms with Gasteiger partial charge in [-0.2, -0.15) is 0 Å². The van der Waals surface area contributed by atoms with Crippen LogP contribution in [0.3, 0.4) is 0 Å². The lowest BCUT2D eigenvalue weighted by atomic mass is 10.1.